The van der Waals surface area contributed by atoms with Gasteiger partial charge in [-0.1, -0.05) is 6.07 Å². The van der Waals surface area contributed by atoms with Crippen LogP contribution in [0.4, 0.5) is 11.4 Å². The number of carbonyl (C=O) groups is 1. The van der Waals surface area contributed by atoms with Crippen LogP contribution in [0.25, 0.3) is 0 Å². The van der Waals surface area contributed by atoms with Gasteiger partial charge in [0.25, 0.3) is 0 Å². The molecule has 2 rings (SSSR count). The zero-order valence-corrected chi connectivity index (χ0v) is 10.5. The van der Waals surface area contributed by atoms with Crippen molar-refractivity contribution in [2.24, 2.45) is 5.92 Å². The summed E-state index contributed by atoms with van der Waals surface area (Å²) >= 11 is 0. The SMILES string of the molecule is COc1cccc(NCCNC(=O)C2CC2)c1N. The number of ether oxygens (including phenoxy) is 1. The second-order valence-corrected chi connectivity index (χ2v) is 4.41. The van der Waals surface area contributed by atoms with Gasteiger partial charge in [-0.2, -0.15) is 0 Å². The van der Waals surface area contributed by atoms with Crippen molar-refractivity contribution in [2.45, 2.75) is 12.8 Å². The predicted molar refractivity (Wildman–Crippen MR) is 71.6 cm³/mol. The van der Waals surface area contributed by atoms with E-state index in [9.17, 15) is 4.79 Å². The molecule has 0 radical (unpaired) electrons. The summed E-state index contributed by atoms with van der Waals surface area (Å²) < 4.78 is 5.14. The number of rotatable bonds is 6. The van der Waals surface area contributed by atoms with Gasteiger partial charge in [0.05, 0.1) is 18.5 Å². The smallest absolute Gasteiger partial charge is 0.223 e. The third kappa shape index (κ3) is 3.06. The van der Waals surface area contributed by atoms with Crippen LogP contribution >= 0.6 is 0 Å². The van der Waals surface area contributed by atoms with Gasteiger partial charge in [-0.15, -0.1) is 0 Å². The van der Waals surface area contributed by atoms with Crippen molar-refractivity contribution in [3.05, 3.63) is 18.2 Å². The van der Waals surface area contributed by atoms with Crippen molar-refractivity contribution in [1.29, 1.82) is 0 Å². The second-order valence-electron chi connectivity index (χ2n) is 4.41. The summed E-state index contributed by atoms with van der Waals surface area (Å²) in [4.78, 5) is 11.4. The van der Waals surface area contributed by atoms with E-state index in [4.69, 9.17) is 10.5 Å². The maximum Gasteiger partial charge on any atom is 0.223 e. The van der Waals surface area contributed by atoms with Gasteiger partial charge < -0.3 is 21.1 Å². The Morgan fingerprint density at radius 2 is 2.22 bits per heavy atom. The van der Waals surface area contributed by atoms with Gasteiger partial charge in [-0.05, 0) is 25.0 Å². The number of nitrogens with one attached hydrogen (secondary N) is 2. The van der Waals surface area contributed by atoms with Crippen LogP contribution < -0.4 is 21.1 Å². The normalized spacial score (nSPS) is 14.1. The lowest BCUT2D eigenvalue weighted by Crippen LogP contribution is -2.29. The monoisotopic (exact) mass is 249 g/mol. The number of hydrogen-bond donors (Lipinski definition) is 3. The van der Waals surface area contributed by atoms with E-state index < -0.39 is 0 Å². The van der Waals surface area contributed by atoms with Gasteiger partial charge in [0, 0.05) is 19.0 Å². The van der Waals surface area contributed by atoms with Gasteiger partial charge in [-0.25, -0.2) is 0 Å². The Morgan fingerprint density at radius 3 is 2.89 bits per heavy atom. The van der Waals surface area contributed by atoms with Crippen molar-refractivity contribution in [1.82, 2.24) is 5.32 Å². The number of carbonyl (C=O) groups excluding carboxylic acids is 1. The maximum absolute atomic E-state index is 11.4. The van der Waals surface area contributed by atoms with Crippen LogP contribution in [-0.4, -0.2) is 26.1 Å². The van der Waals surface area contributed by atoms with Gasteiger partial charge in [-0.3, -0.25) is 4.79 Å². The Bertz CT molecular complexity index is 430. The number of amides is 1. The van der Waals surface area contributed by atoms with E-state index in [1.54, 1.807) is 7.11 Å². The van der Waals surface area contributed by atoms with Crippen molar-refractivity contribution >= 4 is 17.3 Å². The lowest BCUT2D eigenvalue weighted by molar-refractivity contribution is -0.122. The van der Waals surface area contributed by atoms with Gasteiger partial charge in [0.15, 0.2) is 0 Å². The summed E-state index contributed by atoms with van der Waals surface area (Å²) in [7, 11) is 1.59. The van der Waals surface area contributed by atoms with Crippen LogP contribution in [-0.2, 0) is 4.79 Å². The lowest BCUT2D eigenvalue weighted by Gasteiger charge is -2.12. The van der Waals surface area contributed by atoms with Crippen LogP contribution in [0, 0.1) is 5.92 Å². The van der Waals surface area contributed by atoms with E-state index in [1.807, 2.05) is 18.2 Å². The highest BCUT2D eigenvalue weighted by Crippen LogP contribution is 2.29. The summed E-state index contributed by atoms with van der Waals surface area (Å²) in [6.45, 7) is 1.25. The summed E-state index contributed by atoms with van der Waals surface area (Å²) in [5.74, 6) is 1.07. The molecular formula is C13H19N3O2. The number of nitrogens with two attached hydrogens (primary N) is 1. The van der Waals surface area contributed by atoms with Gasteiger partial charge in [0.2, 0.25) is 5.91 Å². The van der Waals surface area contributed by atoms with E-state index >= 15 is 0 Å². The minimum absolute atomic E-state index is 0.162. The first-order chi connectivity index (χ1) is 8.72. The van der Waals surface area contributed by atoms with E-state index in [2.05, 4.69) is 10.6 Å². The molecule has 1 fully saturated rings. The van der Waals surface area contributed by atoms with Crippen LogP contribution in [0.15, 0.2) is 18.2 Å². The predicted octanol–water partition coefficient (Wildman–Crippen LogP) is 1.22. The third-order valence-electron chi connectivity index (χ3n) is 2.97. The maximum atomic E-state index is 11.4. The lowest BCUT2D eigenvalue weighted by atomic mass is 10.2. The van der Waals surface area contributed by atoms with Gasteiger partial charge in [0.1, 0.15) is 5.75 Å². The molecular weight excluding hydrogens is 230 g/mol. The molecule has 5 heteroatoms. The number of para-hydroxylation sites is 1. The first-order valence-electron chi connectivity index (χ1n) is 6.16. The van der Waals surface area contributed by atoms with Gasteiger partial charge >= 0.3 is 0 Å². The minimum atomic E-state index is 0.162. The molecule has 0 unspecified atom stereocenters. The number of methoxy groups -OCH3 is 1. The van der Waals surface area contributed by atoms with Crippen LogP contribution in [0.1, 0.15) is 12.8 Å². The van der Waals surface area contributed by atoms with Crippen molar-refractivity contribution in [2.75, 3.05) is 31.2 Å². The summed E-state index contributed by atoms with van der Waals surface area (Å²) in [6, 6.07) is 5.58. The topological polar surface area (TPSA) is 76.4 Å². The minimum Gasteiger partial charge on any atom is -0.495 e. The Balaban J connectivity index is 1.77. The molecule has 1 aromatic carbocycles. The molecule has 0 aromatic heterocycles. The summed E-state index contributed by atoms with van der Waals surface area (Å²) in [5.41, 5.74) is 7.34. The molecule has 5 nitrogen and oxygen atoms in total. The molecule has 0 spiro atoms. The molecule has 1 saturated carbocycles. The molecule has 1 amide bonds. The molecule has 0 heterocycles. The van der Waals surface area contributed by atoms with E-state index in [-0.39, 0.29) is 11.8 Å². The van der Waals surface area contributed by atoms with Crippen molar-refractivity contribution in [3.8, 4) is 5.75 Å². The first-order valence-corrected chi connectivity index (χ1v) is 6.16. The van der Waals surface area contributed by atoms with E-state index in [0.717, 1.165) is 18.5 Å². The van der Waals surface area contributed by atoms with Crippen LogP contribution in [0.3, 0.4) is 0 Å². The largest absolute Gasteiger partial charge is 0.495 e. The van der Waals surface area contributed by atoms with Crippen LogP contribution in [0.2, 0.25) is 0 Å². The van der Waals surface area contributed by atoms with Crippen LogP contribution in [0.5, 0.6) is 5.75 Å². The molecule has 1 aromatic rings. The molecule has 1 aliphatic rings. The molecule has 1 aliphatic carbocycles. The molecule has 0 atom stereocenters. The molecule has 0 bridgehead atoms. The Labute approximate surface area is 107 Å². The highest BCUT2D eigenvalue weighted by molar-refractivity contribution is 5.80. The Hall–Kier alpha value is -1.91. The molecule has 0 aliphatic heterocycles. The fourth-order valence-electron chi connectivity index (χ4n) is 1.75. The second kappa shape index (κ2) is 5.62. The summed E-state index contributed by atoms with van der Waals surface area (Å²) in [5, 5.41) is 6.07. The fraction of sp³-hybridized carbons (Fsp3) is 0.462. The number of hydrogen-bond acceptors (Lipinski definition) is 4. The quantitative estimate of drug-likeness (QED) is 0.523. The molecule has 4 N–H and O–H groups in total. The molecule has 18 heavy (non-hydrogen) atoms. The Morgan fingerprint density at radius 1 is 1.44 bits per heavy atom. The average Bonchev–Trinajstić information content (AvgIpc) is 3.20. The van der Waals surface area contributed by atoms with E-state index in [1.165, 1.54) is 0 Å². The fourth-order valence-corrected chi connectivity index (χ4v) is 1.75. The number of nitrogen functional groups attached to an aromatic ring is 1. The Kier molecular flexibility index (Phi) is 3.92. The number of anilines is 2. The zero-order valence-electron chi connectivity index (χ0n) is 10.5. The highest BCUT2D eigenvalue weighted by atomic mass is 16.5. The zero-order chi connectivity index (χ0) is 13.0. The van der Waals surface area contributed by atoms with Crippen molar-refractivity contribution < 1.29 is 9.53 Å². The van der Waals surface area contributed by atoms with Crippen molar-refractivity contribution in [3.63, 3.8) is 0 Å². The molecule has 0 saturated heterocycles. The summed E-state index contributed by atoms with van der Waals surface area (Å²) in [6.07, 6.45) is 2.06. The third-order valence-corrected chi connectivity index (χ3v) is 2.97. The average molecular weight is 249 g/mol. The number of benzene rings is 1. The standard InChI is InChI=1S/C13H19N3O2/c1-18-11-4-2-3-10(12(11)14)15-7-8-16-13(17)9-5-6-9/h2-4,9,15H,5-8,14H2,1H3,(H,16,17). The first kappa shape index (κ1) is 12.5. The molecule has 98 valence electrons. The highest BCUT2D eigenvalue weighted by Gasteiger charge is 2.28. The van der Waals surface area contributed by atoms with E-state index in [0.29, 0.717) is 24.5 Å².